The van der Waals surface area contributed by atoms with Gasteiger partial charge in [-0.05, 0) is 32.6 Å². The number of hydrogen-bond donors (Lipinski definition) is 3. The summed E-state index contributed by atoms with van der Waals surface area (Å²) in [5.74, 6) is 6.13. The molecule has 2 saturated carbocycles. The molecule has 0 unspecified atom stereocenters. The van der Waals surface area contributed by atoms with Crippen LogP contribution in [0.25, 0.3) is 0 Å². The van der Waals surface area contributed by atoms with Crippen LogP contribution in [0.5, 0.6) is 0 Å². The molecule has 0 aromatic heterocycles. The third-order valence-electron chi connectivity index (χ3n) is 2.83. The minimum Gasteiger partial charge on any atom is -0.378 e. The van der Waals surface area contributed by atoms with E-state index >= 15 is 0 Å². The van der Waals surface area contributed by atoms with Crippen LogP contribution < -0.4 is 16.6 Å². The van der Waals surface area contributed by atoms with Crippen molar-refractivity contribution in [2.24, 2.45) is 10.8 Å². The van der Waals surface area contributed by atoms with Gasteiger partial charge < -0.3 is 10.1 Å². The predicted octanol–water partition coefficient (Wildman–Crippen LogP) is 0.125. The summed E-state index contributed by atoms with van der Waals surface area (Å²) in [5.41, 5.74) is 2.62. The normalized spacial score (nSPS) is 30.9. The first kappa shape index (κ1) is 10.7. The Kier molecular flexibility index (Phi) is 3.43. The van der Waals surface area contributed by atoms with Gasteiger partial charge in [-0.2, -0.15) is 0 Å². The number of nitrogens with zero attached hydrogens (tertiary/aromatic N) is 1. The molecular formula is C10H20N4O. The molecule has 0 amide bonds. The minimum atomic E-state index is 0.424. The van der Waals surface area contributed by atoms with Crippen LogP contribution in [-0.2, 0) is 4.74 Å². The molecule has 86 valence electrons. The number of aliphatic imine (C=N–C) groups is 1. The summed E-state index contributed by atoms with van der Waals surface area (Å²) in [6, 6.07) is 0.960. The maximum Gasteiger partial charge on any atom is 0.206 e. The third-order valence-corrected chi connectivity index (χ3v) is 2.83. The molecule has 0 bridgehead atoms. The summed E-state index contributed by atoms with van der Waals surface area (Å²) in [7, 11) is 0. The van der Waals surface area contributed by atoms with Gasteiger partial charge in [-0.1, -0.05) is 0 Å². The predicted molar refractivity (Wildman–Crippen MR) is 59.4 cm³/mol. The fourth-order valence-corrected chi connectivity index (χ4v) is 1.75. The minimum absolute atomic E-state index is 0.424. The van der Waals surface area contributed by atoms with Crippen molar-refractivity contribution in [3.05, 3.63) is 0 Å². The molecule has 0 atom stereocenters. The van der Waals surface area contributed by atoms with E-state index in [4.69, 9.17) is 10.6 Å². The molecular weight excluding hydrogens is 192 g/mol. The van der Waals surface area contributed by atoms with Crippen LogP contribution in [0.15, 0.2) is 4.99 Å². The smallest absolute Gasteiger partial charge is 0.206 e. The highest BCUT2D eigenvalue weighted by Crippen LogP contribution is 2.25. The van der Waals surface area contributed by atoms with Gasteiger partial charge in [-0.25, -0.2) is 10.8 Å². The molecule has 0 aromatic rings. The van der Waals surface area contributed by atoms with Gasteiger partial charge in [0, 0.05) is 12.6 Å². The molecule has 0 heterocycles. The van der Waals surface area contributed by atoms with Gasteiger partial charge in [0.15, 0.2) is 0 Å². The van der Waals surface area contributed by atoms with Crippen molar-refractivity contribution in [2.45, 2.75) is 50.8 Å². The number of nitrogens with one attached hydrogen (secondary N) is 2. The van der Waals surface area contributed by atoms with Crippen LogP contribution in [0.1, 0.15) is 32.6 Å². The highest BCUT2D eigenvalue weighted by molar-refractivity contribution is 5.79. The fraction of sp³-hybridized carbons (Fsp3) is 0.900. The van der Waals surface area contributed by atoms with Gasteiger partial charge in [-0.15, -0.1) is 0 Å². The van der Waals surface area contributed by atoms with Crippen molar-refractivity contribution in [1.29, 1.82) is 0 Å². The van der Waals surface area contributed by atoms with Crippen LogP contribution in [-0.4, -0.2) is 30.8 Å². The molecule has 2 aliphatic rings. The van der Waals surface area contributed by atoms with Gasteiger partial charge in [0.05, 0.1) is 12.1 Å². The van der Waals surface area contributed by atoms with Gasteiger partial charge in [0.2, 0.25) is 5.96 Å². The zero-order valence-electron chi connectivity index (χ0n) is 9.20. The van der Waals surface area contributed by atoms with Crippen molar-refractivity contribution in [3.8, 4) is 0 Å². The highest BCUT2D eigenvalue weighted by Gasteiger charge is 2.30. The van der Waals surface area contributed by atoms with Gasteiger partial charge in [0.25, 0.3) is 0 Å². The van der Waals surface area contributed by atoms with Crippen molar-refractivity contribution in [3.63, 3.8) is 0 Å². The average Bonchev–Trinajstić information content (AvgIpc) is 2.97. The second-order valence-corrected chi connectivity index (χ2v) is 4.24. The van der Waals surface area contributed by atoms with Gasteiger partial charge in [-0.3, -0.25) is 5.43 Å². The number of nitrogens with two attached hydrogens (primary N) is 1. The lowest BCUT2D eigenvalue weighted by Crippen LogP contribution is -2.53. The Hall–Kier alpha value is -0.810. The molecule has 15 heavy (non-hydrogen) atoms. The van der Waals surface area contributed by atoms with E-state index in [1.807, 2.05) is 6.92 Å². The standard InChI is InChI=1S/C10H20N4O/c1-2-15-9-5-8(6-9)13-10(14-11)12-7-3-4-7/h7-9H,2-6,11H2,1H3,(H2,12,13,14). The van der Waals surface area contributed by atoms with Crippen molar-refractivity contribution < 1.29 is 4.74 Å². The van der Waals surface area contributed by atoms with Crippen LogP contribution in [0.3, 0.4) is 0 Å². The van der Waals surface area contributed by atoms with E-state index in [0.717, 1.165) is 25.4 Å². The SMILES string of the molecule is CCOC1CC(NC(=NC2CC2)NN)C1. The Morgan fingerprint density at radius 3 is 2.73 bits per heavy atom. The molecule has 2 aliphatic carbocycles. The van der Waals surface area contributed by atoms with E-state index in [1.54, 1.807) is 0 Å². The maximum atomic E-state index is 5.49. The summed E-state index contributed by atoms with van der Waals surface area (Å²) < 4.78 is 5.49. The molecule has 0 aromatic carbocycles. The van der Waals surface area contributed by atoms with Crippen molar-refractivity contribution in [1.82, 2.24) is 10.7 Å². The van der Waals surface area contributed by atoms with E-state index in [-0.39, 0.29) is 0 Å². The molecule has 2 fully saturated rings. The number of hydrazine groups is 1. The molecule has 4 N–H and O–H groups in total. The van der Waals surface area contributed by atoms with E-state index < -0.39 is 0 Å². The first-order valence-corrected chi connectivity index (χ1v) is 5.74. The Labute approximate surface area is 90.4 Å². The van der Waals surface area contributed by atoms with Gasteiger partial charge >= 0.3 is 0 Å². The average molecular weight is 212 g/mol. The van der Waals surface area contributed by atoms with Crippen LogP contribution in [0, 0.1) is 0 Å². The summed E-state index contributed by atoms with van der Waals surface area (Å²) in [6.45, 7) is 2.83. The molecule has 5 nitrogen and oxygen atoms in total. The first-order valence-electron chi connectivity index (χ1n) is 5.74. The number of rotatable bonds is 4. The molecule has 0 aliphatic heterocycles. The molecule has 5 heteroatoms. The fourth-order valence-electron chi connectivity index (χ4n) is 1.75. The molecule has 0 radical (unpaired) electrons. The second kappa shape index (κ2) is 4.81. The van der Waals surface area contributed by atoms with E-state index in [0.29, 0.717) is 18.2 Å². The Bertz CT molecular complexity index is 234. The lowest BCUT2D eigenvalue weighted by molar-refractivity contribution is -0.00579. The van der Waals surface area contributed by atoms with Crippen molar-refractivity contribution in [2.75, 3.05) is 6.61 Å². The Balaban J connectivity index is 1.68. The summed E-state index contributed by atoms with van der Waals surface area (Å²) in [6.07, 6.45) is 4.92. The number of guanidine groups is 1. The third kappa shape index (κ3) is 3.07. The van der Waals surface area contributed by atoms with E-state index in [1.165, 1.54) is 12.8 Å². The van der Waals surface area contributed by atoms with Crippen LogP contribution in [0.2, 0.25) is 0 Å². The largest absolute Gasteiger partial charge is 0.378 e. The van der Waals surface area contributed by atoms with Crippen LogP contribution in [0.4, 0.5) is 0 Å². The number of ether oxygens (including phenoxy) is 1. The first-order chi connectivity index (χ1) is 7.31. The zero-order valence-corrected chi connectivity index (χ0v) is 9.20. The van der Waals surface area contributed by atoms with E-state index in [9.17, 15) is 0 Å². The summed E-state index contributed by atoms with van der Waals surface area (Å²) in [4.78, 5) is 4.43. The lowest BCUT2D eigenvalue weighted by Gasteiger charge is -2.36. The summed E-state index contributed by atoms with van der Waals surface area (Å²) >= 11 is 0. The lowest BCUT2D eigenvalue weighted by atomic mass is 9.89. The Morgan fingerprint density at radius 2 is 2.20 bits per heavy atom. The van der Waals surface area contributed by atoms with Crippen LogP contribution >= 0.6 is 0 Å². The van der Waals surface area contributed by atoms with Crippen molar-refractivity contribution >= 4 is 5.96 Å². The maximum absolute atomic E-state index is 5.49. The monoisotopic (exact) mass is 212 g/mol. The molecule has 2 rings (SSSR count). The second-order valence-electron chi connectivity index (χ2n) is 4.24. The molecule has 0 saturated heterocycles. The van der Waals surface area contributed by atoms with Gasteiger partial charge in [0.1, 0.15) is 0 Å². The summed E-state index contributed by atoms with van der Waals surface area (Å²) in [5, 5.41) is 3.30. The number of hydrogen-bond acceptors (Lipinski definition) is 3. The topological polar surface area (TPSA) is 71.7 Å². The Morgan fingerprint density at radius 1 is 1.47 bits per heavy atom. The van der Waals surface area contributed by atoms with E-state index in [2.05, 4.69) is 15.7 Å². The zero-order chi connectivity index (χ0) is 10.7. The molecule has 0 spiro atoms. The quantitative estimate of drug-likeness (QED) is 0.268. The highest BCUT2D eigenvalue weighted by atomic mass is 16.5.